The molecular weight excluding hydrogens is 324 g/mol. The van der Waals surface area contributed by atoms with Crippen LogP contribution in [-0.4, -0.2) is 29.5 Å². The van der Waals surface area contributed by atoms with Crippen LogP contribution in [0.25, 0.3) is 0 Å². The summed E-state index contributed by atoms with van der Waals surface area (Å²) >= 11 is 0. The van der Waals surface area contributed by atoms with Crippen LogP contribution in [0.15, 0.2) is 42.6 Å². The second-order valence-electron chi connectivity index (χ2n) is 7.85. The molecule has 0 spiro atoms. The molecule has 5 nitrogen and oxygen atoms in total. The van der Waals surface area contributed by atoms with Gasteiger partial charge in [0, 0.05) is 41.8 Å². The van der Waals surface area contributed by atoms with Gasteiger partial charge in [-0.2, -0.15) is 0 Å². The van der Waals surface area contributed by atoms with Crippen LogP contribution < -0.4 is 15.5 Å². The van der Waals surface area contributed by atoms with Crippen LogP contribution in [0.2, 0.25) is 0 Å². The van der Waals surface area contributed by atoms with Gasteiger partial charge < -0.3 is 15.5 Å². The van der Waals surface area contributed by atoms with Gasteiger partial charge in [-0.3, -0.25) is 4.79 Å². The predicted molar refractivity (Wildman–Crippen MR) is 108 cm³/mol. The highest BCUT2D eigenvalue weighted by Gasteiger charge is 2.13. The monoisotopic (exact) mass is 352 g/mol. The fourth-order valence-corrected chi connectivity index (χ4v) is 3.14. The molecule has 1 saturated heterocycles. The number of pyridine rings is 1. The minimum atomic E-state index is -0.130. The van der Waals surface area contributed by atoms with Gasteiger partial charge in [0.1, 0.15) is 5.82 Å². The van der Waals surface area contributed by atoms with Crippen molar-refractivity contribution in [3.8, 4) is 0 Å². The lowest BCUT2D eigenvalue weighted by Crippen LogP contribution is -2.29. The van der Waals surface area contributed by atoms with Crippen molar-refractivity contribution in [1.82, 2.24) is 4.98 Å². The van der Waals surface area contributed by atoms with E-state index in [9.17, 15) is 4.79 Å². The maximum Gasteiger partial charge on any atom is 0.255 e. The number of benzene rings is 1. The average molecular weight is 352 g/mol. The van der Waals surface area contributed by atoms with Gasteiger partial charge in [0.25, 0.3) is 5.91 Å². The first-order chi connectivity index (χ1) is 12.4. The van der Waals surface area contributed by atoms with E-state index in [4.69, 9.17) is 0 Å². The van der Waals surface area contributed by atoms with Gasteiger partial charge in [-0.1, -0.05) is 0 Å². The maximum atomic E-state index is 12.5. The van der Waals surface area contributed by atoms with E-state index in [0.29, 0.717) is 11.4 Å². The highest BCUT2D eigenvalue weighted by molar-refractivity contribution is 6.04. The smallest absolute Gasteiger partial charge is 0.255 e. The number of carbonyl (C=O) groups excluding carboxylic acids is 1. The minimum absolute atomic E-state index is 0.105. The Morgan fingerprint density at radius 3 is 2.38 bits per heavy atom. The fraction of sp³-hybridized carbons (Fsp3) is 0.429. The molecular formula is C21H28N4O. The normalized spacial score (nSPS) is 14.8. The Labute approximate surface area is 155 Å². The number of hydrogen-bond acceptors (Lipinski definition) is 4. The summed E-state index contributed by atoms with van der Waals surface area (Å²) in [6.07, 6.45) is 5.49. The summed E-state index contributed by atoms with van der Waals surface area (Å²) in [4.78, 5) is 19.2. The number of carbonyl (C=O) groups is 1. The Bertz CT molecular complexity index is 743. The summed E-state index contributed by atoms with van der Waals surface area (Å²) in [5.41, 5.74) is 2.51. The van der Waals surface area contributed by atoms with Crippen LogP contribution in [0, 0.1) is 0 Å². The van der Waals surface area contributed by atoms with E-state index in [1.807, 2.05) is 12.1 Å². The Morgan fingerprint density at radius 1 is 1.04 bits per heavy atom. The van der Waals surface area contributed by atoms with Gasteiger partial charge in [-0.25, -0.2) is 4.98 Å². The van der Waals surface area contributed by atoms with Crippen LogP contribution in [0.4, 0.5) is 17.2 Å². The van der Waals surface area contributed by atoms with Gasteiger partial charge in [0.2, 0.25) is 0 Å². The topological polar surface area (TPSA) is 57.3 Å². The number of aromatic nitrogens is 1. The Hall–Kier alpha value is -2.56. The highest BCUT2D eigenvalue weighted by atomic mass is 16.1. The molecule has 0 atom stereocenters. The van der Waals surface area contributed by atoms with E-state index < -0.39 is 0 Å². The van der Waals surface area contributed by atoms with Crippen LogP contribution in [-0.2, 0) is 0 Å². The van der Waals surface area contributed by atoms with Gasteiger partial charge in [0.15, 0.2) is 0 Å². The van der Waals surface area contributed by atoms with Crippen molar-refractivity contribution in [3.05, 3.63) is 48.2 Å². The Morgan fingerprint density at radius 2 is 1.73 bits per heavy atom. The molecule has 1 aromatic carbocycles. The molecule has 2 aromatic rings. The van der Waals surface area contributed by atoms with Gasteiger partial charge in [0.05, 0.1) is 0 Å². The summed E-state index contributed by atoms with van der Waals surface area (Å²) in [5, 5.41) is 6.25. The molecule has 0 bridgehead atoms. The zero-order chi connectivity index (χ0) is 18.6. The van der Waals surface area contributed by atoms with E-state index in [-0.39, 0.29) is 11.4 Å². The third-order valence-electron chi connectivity index (χ3n) is 4.37. The van der Waals surface area contributed by atoms with Crippen molar-refractivity contribution in [2.75, 3.05) is 28.6 Å². The minimum Gasteiger partial charge on any atom is -0.372 e. The summed E-state index contributed by atoms with van der Waals surface area (Å²) in [7, 11) is 0. The molecule has 5 heteroatoms. The third-order valence-corrected chi connectivity index (χ3v) is 4.37. The Kier molecular flexibility index (Phi) is 5.45. The maximum absolute atomic E-state index is 12.5. The summed E-state index contributed by atoms with van der Waals surface area (Å²) in [6, 6.07) is 11.6. The third kappa shape index (κ3) is 4.97. The lowest BCUT2D eigenvalue weighted by atomic mass is 10.1. The summed E-state index contributed by atoms with van der Waals surface area (Å²) in [6.45, 7) is 8.42. The van der Waals surface area contributed by atoms with Crippen molar-refractivity contribution in [3.63, 3.8) is 0 Å². The molecule has 0 saturated carbocycles. The second kappa shape index (κ2) is 7.77. The highest BCUT2D eigenvalue weighted by Crippen LogP contribution is 2.22. The number of piperidine rings is 1. The van der Waals surface area contributed by atoms with Crippen molar-refractivity contribution in [2.24, 2.45) is 0 Å². The van der Waals surface area contributed by atoms with Crippen molar-refractivity contribution >= 4 is 23.1 Å². The fourth-order valence-electron chi connectivity index (χ4n) is 3.14. The molecule has 1 fully saturated rings. The number of rotatable bonds is 4. The molecule has 1 amide bonds. The van der Waals surface area contributed by atoms with E-state index in [2.05, 4.69) is 53.4 Å². The number of hydrogen-bond donors (Lipinski definition) is 2. The molecule has 2 N–H and O–H groups in total. The number of nitrogens with one attached hydrogen (secondary N) is 2. The summed E-state index contributed by atoms with van der Waals surface area (Å²) < 4.78 is 0. The second-order valence-corrected chi connectivity index (χ2v) is 7.85. The Balaban J connectivity index is 1.65. The van der Waals surface area contributed by atoms with Crippen LogP contribution >= 0.6 is 0 Å². The number of amides is 1. The molecule has 1 aliphatic heterocycles. The number of nitrogens with zero attached hydrogens (tertiary/aromatic N) is 2. The zero-order valence-electron chi connectivity index (χ0n) is 15.9. The lowest BCUT2D eigenvalue weighted by Gasteiger charge is -2.28. The predicted octanol–water partition coefficient (Wildman–Crippen LogP) is 4.53. The van der Waals surface area contributed by atoms with Gasteiger partial charge >= 0.3 is 0 Å². The van der Waals surface area contributed by atoms with Crippen LogP contribution in [0.1, 0.15) is 50.4 Å². The van der Waals surface area contributed by atoms with Crippen LogP contribution in [0.3, 0.4) is 0 Å². The molecule has 0 aliphatic carbocycles. The lowest BCUT2D eigenvalue weighted by molar-refractivity contribution is 0.102. The van der Waals surface area contributed by atoms with Crippen molar-refractivity contribution in [1.29, 1.82) is 0 Å². The first kappa shape index (κ1) is 18.2. The molecule has 0 unspecified atom stereocenters. The molecule has 1 aliphatic rings. The first-order valence-electron chi connectivity index (χ1n) is 9.31. The van der Waals surface area contributed by atoms with E-state index in [1.54, 1.807) is 18.3 Å². The van der Waals surface area contributed by atoms with E-state index in [0.717, 1.165) is 18.8 Å². The van der Waals surface area contributed by atoms with Gasteiger partial charge in [-0.05, 0) is 76.4 Å². The average Bonchev–Trinajstić information content (AvgIpc) is 2.62. The van der Waals surface area contributed by atoms with Crippen molar-refractivity contribution < 1.29 is 4.79 Å². The quantitative estimate of drug-likeness (QED) is 0.848. The molecule has 1 aromatic heterocycles. The standard InChI is InChI=1S/C21H28N4O/c1-21(2,3)24-19-15-16(11-12-22-19)20(26)23-17-7-9-18(10-8-17)25-13-5-4-6-14-25/h7-12,15H,4-6,13-14H2,1-3H3,(H,22,24)(H,23,26). The number of anilines is 3. The zero-order valence-corrected chi connectivity index (χ0v) is 15.9. The SMILES string of the molecule is CC(C)(C)Nc1cc(C(=O)Nc2ccc(N3CCCCC3)cc2)ccn1. The first-order valence-corrected chi connectivity index (χ1v) is 9.31. The van der Waals surface area contributed by atoms with Crippen molar-refractivity contribution in [2.45, 2.75) is 45.6 Å². The van der Waals surface area contributed by atoms with E-state index in [1.165, 1.54) is 24.9 Å². The largest absolute Gasteiger partial charge is 0.372 e. The van der Waals surface area contributed by atoms with Gasteiger partial charge in [-0.15, -0.1) is 0 Å². The summed E-state index contributed by atoms with van der Waals surface area (Å²) in [5.74, 6) is 0.570. The van der Waals surface area contributed by atoms with E-state index >= 15 is 0 Å². The molecule has 138 valence electrons. The van der Waals surface area contributed by atoms with Crippen LogP contribution in [0.5, 0.6) is 0 Å². The molecule has 26 heavy (non-hydrogen) atoms. The molecule has 0 radical (unpaired) electrons. The molecule has 2 heterocycles. The molecule has 3 rings (SSSR count).